The molecule has 0 atom stereocenters. The van der Waals surface area contributed by atoms with Crippen molar-refractivity contribution in [2.75, 3.05) is 33.7 Å². The van der Waals surface area contributed by atoms with E-state index in [4.69, 9.17) is 0 Å². The Bertz CT molecular complexity index is 238. The third-order valence-corrected chi connectivity index (χ3v) is 3.32. The lowest BCUT2D eigenvalue weighted by atomic mass is 9.96. The third-order valence-electron chi connectivity index (χ3n) is 3.32. The van der Waals surface area contributed by atoms with Crippen LogP contribution < -0.4 is 10.6 Å². The molecule has 0 bridgehead atoms. The topological polar surface area (TPSA) is 39.7 Å². The van der Waals surface area contributed by atoms with Gasteiger partial charge in [0, 0.05) is 19.1 Å². The number of hydrogen-bond acceptors (Lipinski definition) is 2. The molecule has 4 nitrogen and oxygen atoms in total. The predicted octanol–water partition coefficient (Wildman–Crippen LogP) is 2.44. The quantitative estimate of drug-likeness (QED) is 0.321. The van der Waals surface area contributed by atoms with E-state index in [0.717, 1.165) is 32.0 Å². The van der Waals surface area contributed by atoms with Crippen LogP contribution in [0.2, 0.25) is 0 Å². The van der Waals surface area contributed by atoms with Crippen LogP contribution in [0.1, 0.15) is 45.4 Å². The fraction of sp³-hybridized carbons (Fsp3) is 0.929. The molecule has 19 heavy (non-hydrogen) atoms. The van der Waals surface area contributed by atoms with Gasteiger partial charge in [0.1, 0.15) is 0 Å². The fourth-order valence-electron chi connectivity index (χ4n) is 2.34. The molecule has 0 spiro atoms. The van der Waals surface area contributed by atoms with E-state index in [1.807, 2.05) is 0 Å². The maximum atomic E-state index is 4.65. The zero-order valence-corrected chi connectivity index (χ0v) is 15.1. The Hall–Kier alpha value is -0.0400. The van der Waals surface area contributed by atoms with Gasteiger partial charge < -0.3 is 15.5 Å². The SMILES string of the molecule is CCNC(=NCCCN(C)C)NC1CCCCC1.I. The van der Waals surface area contributed by atoms with Crippen LogP contribution in [0.5, 0.6) is 0 Å². The largest absolute Gasteiger partial charge is 0.357 e. The van der Waals surface area contributed by atoms with Gasteiger partial charge in [0.2, 0.25) is 0 Å². The standard InChI is InChI=1S/C14H30N4.HI/c1-4-15-14(16-11-8-12-18(2)3)17-13-9-6-5-7-10-13;/h13H,4-12H2,1-3H3,(H2,15,16,17);1H. The second kappa shape index (κ2) is 11.8. The van der Waals surface area contributed by atoms with Crippen LogP contribution in [0.15, 0.2) is 4.99 Å². The van der Waals surface area contributed by atoms with Crippen molar-refractivity contribution in [2.24, 2.45) is 4.99 Å². The van der Waals surface area contributed by atoms with Gasteiger partial charge >= 0.3 is 0 Å². The maximum absolute atomic E-state index is 4.65. The first kappa shape index (κ1) is 19.0. The summed E-state index contributed by atoms with van der Waals surface area (Å²) in [7, 11) is 4.21. The number of nitrogens with one attached hydrogen (secondary N) is 2. The summed E-state index contributed by atoms with van der Waals surface area (Å²) in [4.78, 5) is 6.85. The van der Waals surface area contributed by atoms with E-state index in [-0.39, 0.29) is 24.0 Å². The highest BCUT2D eigenvalue weighted by atomic mass is 127. The average Bonchev–Trinajstić information content (AvgIpc) is 2.36. The molecular formula is C14H31IN4. The van der Waals surface area contributed by atoms with E-state index in [1.54, 1.807) is 0 Å². The van der Waals surface area contributed by atoms with Crippen molar-refractivity contribution < 1.29 is 0 Å². The molecule has 1 saturated carbocycles. The zero-order valence-electron chi connectivity index (χ0n) is 12.7. The van der Waals surface area contributed by atoms with Crippen molar-refractivity contribution in [1.29, 1.82) is 0 Å². The van der Waals surface area contributed by atoms with Crippen LogP contribution in [-0.2, 0) is 0 Å². The fourth-order valence-corrected chi connectivity index (χ4v) is 2.34. The lowest BCUT2D eigenvalue weighted by molar-refractivity contribution is 0.401. The summed E-state index contributed by atoms with van der Waals surface area (Å²) >= 11 is 0. The van der Waals surface area contributed by atoms with Crippen molar-refractivity contribution >= 4 is 29.9 Å². The Labute approximate surface area is 135 Å². The number of halogens is 1. The molecule has 1 rings (SSSR count). The van der Waals surface area contributed by atoms with Crippen molar-refractivity contribution in [3.05, 3.63) is 0 Å². The zero-order chi connectivity index (χ0) is 13.2. The van der Waals surface area contributed by atoms with E-state index in [2.05, 4.69) is 41.5 Å². The first-order valence-electron chi connectivity index (χ1n) is 7.42. The number of rotatable bonds is 6. The number of nitrogens with zero attached hydrogens (tertiary/aromatic N) is 2. The Morgan fingerprint density at radius 3 is 2.47 bits per heavy atom. The molecule has 0 aromatic heterocycles. The molecule has 0 saturated heterocycles. The summed E-state index contributed by atoms with van der Waals surface area (Å²) in [6, 6.07) is 0.630. The van der Waals surface area contributed by atoms with Crippen LogP contribution in [0, 0.1) is 0 Å². The molecular weight excluding hydrogens is 351 g/mol. The average molecular weight is 382 g/mol. The molecule has 0 radical (unpaired) electrons. The first-order chi connectivity index (χ1) is 8.72. The molecule has 0 aromatic rings. The molecule has 1 fully saturated rings. The predicted molar refractivity (Wildman–Crippen MR) is 94.6 cm³/mol. The lowest BCUT2D eigenvalue weighted by Crippen LogP contribution is -2.44. The van der Waals surface area contributed by atoms with Gasteiger partial charge in [0.15, 0.2) is 5.96 Å². The van der Waals surface area contributed by atoms with Gasteiger partial charge in [-0.1, -0.05) is 19.3 Å². The number of guanidine groups is 1. The van der Waals surface area contributed by atoms with Gasteiger partial charge in [-0.3, -0.25) is 4.99 Å². The van der Waals surface area contributed by atoms with Crippen LogP contribution in [0.4, 0.5) is 0 Å². The number of aliphatic imine (C=N–C) groups is 1. The van der Waals surface area contributed by atoms with Gasteiger partial charge in [-0.25, -0.2) is 0 Å². The van der Waals surface area contributed by atoms with Crippen molar-refractivity contribution in [2.45, 2.75) is 51.5 Å². The molecule has 114 valence electrons. The molecule has 0 amide bonds. The third kappa shape index (κ3) is 9.49. The lowest BCUT2D eigenvalue weighted by Gasteiger charge is -2.24. The summed E-state index contributed by atoms with van der Waals surface area (Å²) in [6.45, 7) is 5.07. The molecule has 0 aromatic carbocycles. The van der Waals surface area contributed by atoms with Crippen LogP contribution in [-0.4, -0.2) is 50.6 Å². The Morgan fingerprint density at radius 2 is 1.89 bits per heavy atom. The minimum absolute atomic E-state index is 0. The van der Waals surface area contributed by atoms with E-state index < -0.39 is 0 Å². The smallest absolute Gasteiger partial charge is 0.191 e. The summed E-state index contributed by atoms with van der Waals surface area (Å²) in [6.07, 6.45) is 7.82. The van der Waals surface area contributed by atoms with E-state index in [0.29, 0.717) is 6.04 Å². The van der Waals surface area contributed by atoms with Gasteiger partial charge in [-0.05, 0) is 46.8 Å². The Balaban J connectivity index is 0.00000324. The first-order valence-corrected chi connectivity index (χ1v) is 7.42. The highest BCUT2D eigenvalue weighted by molar-refractivity contribution is 14.0. The highest BCUT2D eigenvalue weighted by Crippen LogP contribution is 2.17. The van der Waals surface area contributed by atoms with Gasteiger partial charge in [-0.2, -0.15) is 0 Å². The molecule has 0 unspecified atom stereocenters. The summed E-state index contributed by atoms with van der Waals surface area (Å²) in [5, 5.41) is 6.91. The molecule has 1 aliphatic rings. The molecule has 0 heterocycles. The molecule has 0 aliphatic heterocycles. The van der Waals surface area contributed by atoms with Gasteiger partial charge in [0.05, 0.1) is 0 Å². The highest BCUT2D eigenvalue weighted by Gasteiger charge is 2.14. The van der Waals surface area contributed by atoms with Gasteiger partial charge in [0.25, 0.3) is 0 Å². The van der Waals surface area contributed by atoms with Crippen molar-refractivity contribution in [3.8, 4) is 0 Å². The second-order valence-corrected chi connectivity index (χ2v) is 5.40. The van der Waals surface area contributed by atoms with Crippen LogP contribution in [0.25, 0.3) is 0 Å². The van der Waals surface area contributed by atoms with Crippen LogP contribution >= 0.6 is 24.0 Å². The van der Waals surface area contributed by atoms with Crippen molar-refractivity contribution in [1.82, 2.24) is 15.5 Å². The second-order valence-electron chi connectivity index (χ2n) is 5.40. The van der Waals surface area contributed by atoms with Crippen molar-refractivity contribution in [3.63, 3.8) is 0 Å². The Kier molecular flexibility index (Phi) is 11.7. The summed E-state index contributed by atoms with van der Waals surface area (Å²) < 4.78 is 0. The Morgan fingerprint density at radius 1 is 1.21 bits per heavy atom. The minimum atomic E-state index is 0. The van der Waals surface area contributed by atoms with E-state index >= 15 is 0 Å². The maximum Gasteiger partial charge on any atom is 0.191 e. The van der Waals surface area contributed by atoms with E-state index in [1.165, 1.54) is 32.1 Å². The van der Waals surface area contributed by atoms with E-state index in [9.17, 15) is 0 Å². The monoisotopic (exact) mass is 382 g/mol. The molecule has 1 aliphatic carbocycles. The molecule has 5 heteroatoms. The van der Waals surface area contributed by atoms with Crippen LogP contribution in [0.3, 0.4) is 0 Å². The number of hydrogen-bond donors (Lipinski definition) is 2. The summed E-state index contributed by atoms with van der Waals surface area (Å²) in [5.74, 6) is 1.00. The summed E-state index contributed by atoms with van der Waals surface area (Å²) in [5.41, 5.74) is 0. The van der Waals surface area contributed by atoms with Gasteiger partial charge in [-0.15, -0.1) is 24.0 Å². The minimum Gasteiger partial charge on any atom is -0.357 e. The normalized spacial score (nSPS) is 17.2. The molecule has 2 N–H and O–H groups in total.